The van der Waals surface area contributed by atoms with Gasteiger partial charge in [0.1, 0.15) is 0 Å². The van der Waals surface area contributed by atoms with Crippen molar-refractivity contribution in [3.63, 3.8) is 0 Å². The van der Waals surface area contributed by atoms with E-state index in [0.717, 1.165) is 19.3 Å². The van der Waals surface area contributed by atoms with Crippen molar-refractivity contribution < 1.29 is 18.3 Å². The molecule has 1 aromatic rings. The predicted molar refractivity (Wildman–Crippen MR) is 73.7 cm³/mol. The second kappa shape index (κ2) is 5.88. The minimum Gasteiger partial charge on any atom is -0.391 e. The van der Waals surface area contributed by atoms with Crippen molar-refractivity contribution in [1.29, 1.82) is 0 Å². The van der Waals surface area contributed by atoms with E-state index >= 15 is 0 Å². The molecule has 0 aliphatic heterocycles. The molecule has 0 amide bonds. The summed E-state index contributed by atoms with van der Waals surface area (Å²) >= 11 is 1.31. The summed E-state index contributed by atoms with van der Waals surface area (Å²) in [6.07, 6.45) is 2.60. The highest BCUT2D eigenvalue weighted by molar-refractivity contribution is 7.89. The number of sulfonamides is 1. The van der Waals surface area contributed by atoms with Gasteiger partial charge in [0, 0.05) is 22.9 Å². The average molecular weight is 305 g/mol. The molecule has 0 saturated heterocycles. The van der Waals surface area contributed by atoms with Crippen LogP contribution in [-0.4, -0.2) is 32.8 Å². The third-order valence-corrected chi connectivity index (χ3v) is 6.21. The Morgan fingerprint density at radius 3 is 2.84 bits per heavy atom. The molecule has 5 nitrogen and oxygen atoms in total. The monoisotopic (exact) mass is 305 g/mol. The van der Waals surface area contributed by atoms with Crippen LogP contribution >= 0.6 is 11.3 Å². The maximum Gasteiger partial charge on any atom is 0.242 e. The Balaban J connectivity index is 2.20. The number of rotatable bonds is 5. The average Bonchev–Trinajstić information content (AvgIpc) is 2.95. The maximum absolute atomic E-state index is 12.4. The number of nitrogens with one attached hydrogen (secondary N) is 1. The molecule has 0 aromatic carbocycles. The van der Waals surface area contributed by atoms with Gasteiger partial charge >= 0.3 is 0 Å². The molecule has 2 atom stereocenters. The van der Waals surface area contributed by atoms with Crippen LogP contribution in [-0.2, 0) is 21.4 Å². The zero-order valence-electron chi connectivity index (χ0n) is 11.0. The zero-order chi connectivity index (χ0) is 14.0. The molecule has 1 fully saturated rings. The number of hydrogen-bond acceptors (Lipinski definition) is 5. The summed E-state index contributed by atoms with van der Waals surface area (Å²) in [5, 5.41) is 9.08. The van der Waals surface area contributed by atoms with Crippen molar-refractivity contribution in [3.05, 3.63) is 15.8 Å². The molecular formula is C12H19NO4S2. The second-order valence-electron chi connectivity index (χ2n) is 4.72. The van der Waals surface area contributed by atoms with Gasteiger partial charge in [0.25, 0.3) is 0 Å². The molecule has 1 aliphatic rings. The van der Waals surface area contributed by atoms with Crippen molar-refractivity contribution in [3.8, 4) is 0 Å². The van der Waals surface area contributed by atoms with Gasteiger partial charge in [-0.1, -0.05) is 0 Å². The lowest BCUT2D eigenvalue weighted by atomic mass is 10.2. The van der Waals surface area contributed by atoms with Crippen LogP contribution in [0, 0.1) is 6.92 Å². The number of aliphatic hydroxyl groups excluding tert-OH is 1. The lowest BCUT2D eigenvalue weighted by Crippen LogP contribution is -2.40. The first-order valence-electron chi connectivity index (χ1n) is 6.23. The lowest BCUT2D eigenvalue weighted by Gasteiger charge is -2.19. The third-order valence-electron chi connectivity index (χ3n) is 3.43. The van der Waals surface area contributed by atoms with Crippen LogP contribution in [0.2, 0.25) is 0 Å². The van der Waals surface area contributed by atoms with Crippen LogP contribution in [0.5, 0.6) is 0 Å². The first kappa shape index (κ1) is 14.9. The van der Waals surface area contributed by atoms with Crippen molar-refractivity contribution >= 4 is 21.4 Å². The molecule has 2 N–H and O–H groups in total. The molecule has 7 heteroatoms. The Bertz CT molecular complexity index is 538. The first-order valence-corrected chi connectivity index (χ1v) is 8.53. The molecule has 0 bridgehead atoms. The number of aliphatic hydroxyl groups is 1. The molecule has 1 aliphatic carbocycles. The Hall–Kier alpha value is -0.470. The highest BCUT2D eigenvalue weighted by atomic mass is 32.2. The summed E-state index contributed by atoms with van der Waals surface area (Å²) in [5.41, 5.74) is 0. The van der Waals surface area contributed by atoms with Crippen LogP contribution in [0.3, 0.4) is 0 Å². The van der Waals surface area contributed by atoms with E-state index in [1.54, 1.807) is 20.1 Å². The Kier molecular flexibility index (Phi) is 4.62. The van der Waals surface area contributed by atoms with Gasteiger partial charge < -0.3 is 9.84 Å². The smallest absolute Gasteiger partial charge is 0.242 e. The summed E-state index contributed by atoms with van der Waals surface area (Å²) in [6.45, 7) is 1.62. The topological polar surface area (TPSA) is 75.6 Å². The second-order valence-corrected chi connectivity index (χ2v) is 7.75. The molecule has 1 heterocycles. The molecule has 1 saturated carbocycles. The fraction of sp³-hybridized carbons (Fsp3) is 0.667. The normalized spacial score (nSPS) is 23.9. The number of aryl methyl sites for hydroxylation is 1. The fourth-order valence-corrected chi connectivity index (χ4v) is 5.27. The van der Waals surface area contributed by atoms with E-state index in [-0.39, 0.29) is 23.6 Å². The molecule has 1 aromatic heterocycles. The van der Waals surface area contributed by atoms with E-state index in [2.05, 4.69) is 4.72 Å². The molecular weight excluding hydrogens is 286 g/mol. The van der Waals surface area contributed by atoms with Gasteiger partial charge in [0.15, 0.2) is 0 Å². The van der Waals surface area contributed by atoms with Gasteiger partial charge in [0.2, 0.25) is 10.0 Å². The minimum absolute atomic E-state index is 0.0500. The van der Waals surface area contributed by atoms with E-state index in [0.29, 0.717) is 9.75 Å². The van der Waals surface area contributed by atoms with E-state index in [1.807, 2.05) is 0 Å². The Morgan fingerprint density at radius 1 is 1.53 bits per heavy atom. The summed E-state index contributed by atoms with van der Waals surface area (Å²) in [6, 6.07) is 1.38. The zero-order valence-corrected chi connectivity index (χ0v) is 12.7. The van der Waals surface area contributed by atoms with Gasteiger partial charge in [-0.3, -0.25) is 0 Å². The molecule has 19 heavy (non-hydrogen) atoms. The standard InChI is InChI=1S/C12H19NO4S2/c1-8-12(6-9(7-14)18-8)19(15,16)13-10-4-3-5-11(10)17-2/h6,10-11,13-14H,3-5,7H2,1-2H3. The van der Waals surface area contributed by atoms with Gasteiger partial charge in [-0.05, 0) is 32.3 Å². The van der Waals surface area contributed by atoms with Gasteiger partial charge in [0.05, 0.1) is 17.6 Å². The summed E-state index contributed by atoms with van der Waals surface area (Å²) < 4.78 is 32.7. The quantitative estimate of drug-likeness (QED) is 0.862. The number of hydrogen-bond donors (Lipinski definition) is 2. The van der Waals surface area contributed by atoms with Crippen LogP contribution in [0.1, 0.15) is 29.0 Å². The largest absolute Gasteiger partial charge is 0.391 e. The predicted octanol–water partition coefficient (Wildman–Crippen LogP) is 1.39. The molecule has 2 rings (SSSR count). The Labute approximate surface area is 117 Å². The van der Waals surface area contributed by atoms with E-state index in [4.69, 9.17) is 9.84 Å². The van der Waals surface area contributed by atoms with Gasteiger partial charge in [-0.15, -0.1) is 11.3 Å². The van der Waals surface area contributed by atoms with Crippen molar-refractivity contribution in [2.24, 2.45) is 0 Å². The van der Waals surface area contributed by atoms with Crippen molar-refractivity contribution in [2.75, 3.05) is 7.11 Å². The van der Waals surface area contributed by atoms with Crippen LogP contribution in [0.15, 0.2) is 11.0 Å². The van der Waals surface area contributed by atoms with Crippen LogP contribution in [0.25, 0.3) is 0 Å². The number of methoxy groups -OCH3 is 1. The van der Waals surface area contributed by atoms with Gasteiger partial charge in [-0.2, -0.15) is 0 Å². The van der Waals surface area contributed by atoms with Gasteiger partial charge in [-0.25, -0.2) is 13.1 Å². The Morgan fingerprint density at radius 2 is 2.26 bits per heavy atom. The summed E-state index contributed by atoms with van der Waals surface area (Å²) in [4.78, 5) is 1.62. The molecule has 2 unspecified atom stereocenters. The molecule has 0 radical (unpaired) electrons. The van der Waals surface area contributed by atoms with Crippen molar-refractivity contribution in [2.45, 2.75) is 49.8 Å². The SMILES string of the molecule is COC1CCCC1NS(=O)(=O)c1cc(CO)sc1C. The van der Waals surface area contributed by atoms with Crippen LogP contribution in [0.4, 0.5) is 0 Å². The molecule has 0 spiro atoms. The van der Waals surface area contributed by atoms with E-state index in [9.17, 15) is 8.42 Å². The minimum atomic E-state index is -3.54. The van der Waals surface area contributed by atoms with E-state index < -0.39 is 10.0 Å². The molecule has 108 valence electrons. The van der Waals surface area contributed by atoms with Crippen LogP contribution < -0.4 is 4.72 Å². The maximum atomic E-state index is 12.4. The summed E-state index contributed by atoms with van der Waals surface area (Å²) in [7, 11) is -1.93. The summed E-state index contributed by atoms with van der Waals surface area (Å²) in [5.74, 6) is 0. The highest BCUT2D eigenvalue weighted by Crippen LogP contribution is 2.28. The van der Waals surface area contributed by atoms with Crippen molar-refractivity contribution in [1.82, 2.24) is 4.72 Å². The fourth-order valence-electron chi connectivity index (χ4n) is 2.47. The first-order chi connectivity index (χ1) is 8.97. The number of thiophene rings is 1. The third kappa shape index (κ3) is 3.17. The highest BCUT2D eigenvalue weighted by Gasteiger charge is 2.32. The lowest BCUT2D eigenvalue weighted by molar-refractivity contribution is 0.0916. The number of ether oxygens (including phenoxy) is 1. The van der Waals surface area contributed by atoms with E-state index in [1.165, 1.54) is 11.3 Å².